The van der Waals surface area contributed by atoms with Gasteiger partial charge in [0.2, 0.25) is 0 Å². The second kappa shape index (κ2) is 5.82. The summed E-state index contributed by atoms with van der Waals surface area (Å²) in [6, 6.07) is 10.9. The lowest BCUT2D eigenvalue weighted by molar-refractivity contribution is 1.38. The van der Waals surface area contributed by atoms with E-state index in [2.05, 4.69) is 50.5 Å². The van der Waals surface area contributed by atoms with Crippen molar-refractivity contribution >= 4 is 32.3 Å². The summed E-state index contributed by atoms with van der Waals surface area (Å²) in [5, 5.41) is 1.60. The van der Waals surface area contributed by atoms with Gasteiger partial charge in [-0.15, -0.1) is 0 Å². The van der Waals surface area contributed by atoms with Crippen LogP contribution < -0.4 is 5.19 Å². The van der Waals surface area contributed by atoms with Crippen molar-refractivity contribution < 1.29 is 0 Å². The van der Waals surface area contributed by atoms with E-state index in [1.165, 1.54) is 6.04 Å². The third kappa shape index (κ3) is 4.49. The van der Waals surface area contributed by atoms with Crippen molar-refractivity contribution in [3.8, 4) is 0 Å². The molecule has 0 aliphatic carbocycles. The van der Waals surface area contributed by atoms with Gasteiger partial charge in [-0.25, -0.2) is 0 Å². The van der Waals surface area contributed by atoms with Gasteiger partial charge in [0.15, 0.2) is 0 Å². The first-order valence-electron chi connectivity index (χ1n) is 6.13. The number of benzene rings is 1. The Morgan fingerprint density at radius 1 is 1.07 bits per heavy atom. The van der Waals surface area contributed by atoms with E-state index >= 15 is 0 Å². The monoisotopic (exact) mass is 252 g/mol. The molecule has 0 aromatic heterocycles. The number of hydrogen-bond donors (Lipinski definition) is 0. The maximum absolute atomic E-state index is 2.43. The van der Waals surface area contributed by atoms with Crippen molar-refractivity contribution in [1.82, 2.24) is 0 Å². The minimum Gasteiger partial charge on any atom is -0.0751 e. The topological polar surface area (TPSA) is 0 Å². The fraction of sp³-hybridized carbons (Fsp3) is 0.500. The quantitative estimate of drug-likeness (QED) is 0.550. The van der Waals surface area contributed by atoms with Gasteiger partial charge in [0.25, 0.3) is 0 Å². The first-order valence-corrected chi connectivity index (χ1v) is 14.0. The van der Waals surface area contributed by atoms with E-state index in [4.69, 9.17) is 0 Å². The summed E-state index contributed by atoms with van der Waals surface area (Å²) in [7, 11) is -0.500. The molecule has 0 heterocycles. The molecule has 84 valence electrons. The van der Waals surface area contributed by atoms with Crippen LogP contribution in [-0.4, -0.2) is 27.1 Å². The molecule has 0 aliphatic rings. The predicted molar refractivity (Wildman–Crippen MR) is 80.9 cm³/mol. The van der Waals surface area contributed by atoms with Crippen LogP contribution in [0.1, 0.15) is 5.56 Å². The Kier molecular flexibility index (Phi) is 5.02. The average molecular weight is 253 g/mol. The maximum Gasteiger partial charge on any atom is 0.0775 e. The first-order chi connectivity index (χ1) is 7.04. The highest BCUT2D eigenvalue weighted by molar-refractivity contribution is 6.88. The molecule has 0 bridgehead atoms. The molecule has 0 fully saturated rings. The van der Waals surface area contributed by atoms with Crippen LogP contribution in [0, 0.1) is 0 Å². The van der Waals surface area contributed by atoms with Crippen molar-refractivity contribution in [2.24, 2.45) is 0 Å². The van der Waals surface area contributed by atoms with E-state index in [0.717, 1.165) is 0 Å². The molecular weight excluding hydrogens is 228 g/mol. The average Bonchev–Trinajstić information content (AvgIpc) is 2.18. The van der Waals surface area contributed by atoms with Gasteiger partial charge < -0.3 is 0 Å². The zero-order valence-corrected chi connectivity index (χ0v) is 14.5. The van der Waals surface area contributed by atoms with Crippen LogP contribution in [0.15, 0.2) is 24.3 Å². The molecule has 0 radical (unpaired) electrons. The molecule has 1 rings (SSSR count). The minimum atomic E-state index is -1.08. The van der Waals surface area contributed by atoms with E-state index in [9.17, 15) is 0 Å². The number of hydrogen-bond acceptors (Lipinski definition) is 0. The minimum absolute atomic E-state index is 0.240. The van der Waals surface area contributed by atoms with E-state index in [-0.39, 0.29) is 9.52 Å². The van der Waals surface area contributed by atoms with Gasteiger partial charge in [-0.1, -0.05) is 66.9 Å². The van der Waals surface area contributed by atoms with Gasteiger partial charge in [-0.3, -0.25) is 0 Å². The van der Waals surface area contributed by atoms with Gasteiger partial charge in [-0.2, -0.15) is 0 Å². The zero-order valence-electron chi connectivity index (χ0n) is 10.6. The van der Waals surface area contributed by atoms with Crippen molar-refractivity contribution in [3.63, 3.8) is 0 Å². The summed E-state index contributed by atoms with van der Waals surface area (Å²) in [6.45, 7) is 9.68. The highest BCUT2D eigenvalue weighted by Crippen LogP contribution is 2.05. The van der Waals surface area contributed by atoms with Gasteiger partial charge in [-0.05, 0) is 6.04 Å². The molecule has 0 aliphatic heterocycles. The van der Waals surface area contributed by atoms with Crippen LogP contribution in [0.4, 0.5) is 0 Å². The van der Waals surface area contributed by atoms with Gasteiger partial charge in [0.1, 0.15) is 0 Å². The normalized spacial score (nSPS) is 13.3. The fourth-order valence-electron chi connectivity index (χ4n) is 1.75. The molecule has 0 N–H and O–H groups in total. The van der Waals surface area contributed by atoms with Crippen molar-refractivity contribution in [1.29, 1.82) is 0 Å². The standard InChI is InChI=1S/C12H24Si3/c1-13-10-14-9-11-5-7-12(8-6-11)15(2,3)4/h5-8H,9-10,13-14H2,1-4H3. The van der Waals surface area contributed by atoms with Crippen molar-refractivity contribution in [2.75, 3.05) is 0 Å². The second-order valence-corrected chi connectivity index (χ2v) is 15.5. The lowest BCUT2D eigenvalue weighted by atomic mass is 10.2. The molecule has 0 atom stereocenters. The largest absolute Gasteiger partial charge is 0.0775 e. The van der Waals surface area contributed by atoms with Crippen LogP contribution in [0.2, 0.25) is 31.9 Å². The fourth-order valence-corrected chi connectivity index (χ4v) is 6.66. The first kappa shape index (κ1) is 12.9. The maximum atomic E-state index is 2.43. The van der Waals surface area contributed by atoms with E-state index in [1.54, 1.807) is 16.4 Å². The predicted octanol–water partition coefficient (Wildman–Crippen LogP) is 1.49. The molecule has 0 spiro atoms. The Balaban J connectivity index is 2.57. The molecular formula is C12H24Si3. The van der Waals surface area contributed by atoms with Gasteiger partial charge in [0, 0.05) is 19.0 Å². The molecule has 15 heavy (non-hydrogen) atoms. The molecule has 1 aromatic carbocycles. The van der Waals surface area contributed by atoms with Crippen LogP contribution in [0.5, 0.6) is 0 Å². The van der Waals surface area contributed by atoms with Crippen LogP contribution >= 0.6 is 0 Å². The Hall–Kier alpha value is -0.129. The SMILES string of the molecule is C[SiH2]C[SiH2]Cc1ccc([Si](C)(C)C)cc1. The van der Waals surface area contributed by atoms with Crippen LogP contribution in [0.25, 0.3) is 0 Å². The van der Waals surface area contributed by atoms with E-state index in [1.807, 2.05) is 0 Å². The molecule has 3 heteroatoms. The Labute approximate surface area is 100 Å². The van der Waals surface area contributed by atoms with Gasteiger partial charge >= 0.3 is 0 Å². The summed E-state index contributed by atoms with van der Waals surface area (Å²) >= 11 is 0. The summed E-state index contributed by atoms with van der Waals surface area (Å²) in [5.41, 5.74) is 3.22. The van der Waals surface area contributed by atoms with E-state index < -0.39 is 8.07 Å². The molecule has 0 saturated heterocycles. The van der Waals surface area contributed by atoms with Crippen LogP contribution in [0.3, 0.4) is 0 Å². The molecule has 0 saturated carbocycles. The highest BCUT2D eigenvalue weighted by atomic mass is 28.3. The van der Waals surface area contributed by atoms with Crippen molar-refractivity contribution in [2.45, 2.75) is 37.9 Å². The Morgan fingerprint density at radius 2 is 1.67 bits per heavy atom. The molecule has 0 nitrogen and oxygen atoms in total. The van der Waals surface area contributed by atoms with Crippen molar-refractivity contribution in [3.05, 3.63) is 29.8 Å². The summed E-state index contributed by atoms with van der Waals surface area (Å²) in [5.74, 6) is 0. The summed E-state index contributed by atoms with van der Waals surface area (Å²) < 4.78 is 0. The van der Waals surface area contributed by atoms with E-state index in [0.29, 0.717) is 9.52 Å². The Morgan fingerprint density at radius 3 is 2.13 bits per heavy atom. The second-order valence-electron chi connectivity index (χ2n) is 5.40. The number of rotatable bonds is 5. The lowest BCUT2D eigenvalue weighted by Crippen LogP contribution is -2.37. The molecule has 0 amide bonds. The summed E-state index contributed by atoms with van der Waals surface area (Å²) in [4.78, 5) is 0. The highest BCUT2D eigenvalue weighted by Gasteiger charge is 2.15. The summed E-state index contributed by atoms with van der Waals surface area (Å²) in [6.07, 6.45) is 0. The third-order valence-electron chi connectivity index (χ3n) is 2.89. The lowest BCUT2D eigenvalue weighted by Gasteiger charge is -2.16. The van der Waals surface area contributed by atoms with Crippen LogP contribution in [-0.2, 0) is 6.04 Å². The molecule has 1 aromatic rings. The Bertz CT molecular complexity index is 285. The molecule has 0 unspecified atom stereocenters. The zero-order chi connectivity index (χ0) is 11.3. The van der Waals surface area contributed by atoms with Gasteiger partial charge in [0.05, 0.1) is 8.07 Å². The third-order valence-corrected chi connectivity index (χ3v) is 10.7. The smallest absolute Gasteiger partial charge is 0.0751 e.